The number of aliphatic imine (C=N–C) groups is 4. The van der Waals surface area contributed by atoms with E-state index < -0.39 is 53.1 Å². The van der Waals surface area contributed by atoms with Crippen LogP contribution in [-0.2, 0) is 39.4 Å². The molecule has 0 saturated heterocycles. The lowest BCUT2D eigenvalue weighted by Gasteiger charge is -2.15. The van der Waals surface area contributed by atoms with Crippen molar-refractivity contribution in [3.8, 4) is 0 Å². The van der Waals surface area contributed by atoms with Gasteiger partial charge in [-0.15, -0.1) is 0 Å². The van der Waals surface area contributed by atoms with Crippen LogP contribution in [0.15, 0.2) is 127 Å². The molecule has 4 aliphatic rings. The van der Waals surface area contributed by atoms with E-state index in [4.69, 9.17) is 53.7 Å². The number of nitrogens with zero attached hydrogens (tertiary/aromatic N) is 8. The standard InChI is InChI=1S/C32H16N8.CH3ClO2S.3CH4O3S.Al.ClH/c1-2-10-18-17(9-1)25-33-26(18)38-28-21-13-5-6-14-22(21)30(35-28)40-32-24-16-8-7-15-23(24)31(36-32)39-29-20-12-4-3-11-19(20)27(34-29)37-25;4*1-5(2,3)4;;/h1-16H;1H3;3*1H3,(H,2,3,4);;1H/q-2;;;;;+3;/p-1. The van der Waals surface area contributed by atoms with E-state index in [-0.39, 0.29) is 0 Å². The highest BCUT2D eigenvalue weighted by Crippen LogP contribution is 2.41. The Bertz CT molecular complexity index is 3240. The number of hydrogen-bond donors (Lipinski definition) is 3. The van der Waals surface area contributed by atoms with Gasteiger partial charge in [0, 0.05) is 54.5 Å². The van der Waals surface area contributed by atoms with Gasteiger partial charge >= 0.3 is 13.7 Å². The van der Waals surface area contributed by atoms with Gasteiger partial charge in [0.2, 0.25) is 9.05 Å². The SMILES string of the molecule is CS(=O)(=O)Cl.CS(=O)(=O)O.CS(=O)(=O)O.CS(=O)(=O)O.[Cl][Al]1[n]2c3c4ccccc4c2N=C2N=C(N=c4c5ccccc5c([n]41)=NC1=NC(=N3)c3ccccc31)c1ccccc12. The zero-order valence-corrected chi connectivity index (χ0v) is 38.3. The predicted octanol–water partition coefficient (Wildman–Crippen LogP) is 3.86. The summed E-state index contributed by atoms with van der Waals surface area (Å²) >= 11 is -2.71. The Balaban J connectivity index is 0.000000271. The molecule has 10 rings (SSSR count). The van der Waals surface area contributed by atoms with Gasteiger partial charge in [-0.1, -0.05) is 97.1 Å². The van der Waals surface area contributed by atoms with Crippen LogP contribution in [0.2, 0.25) is 0 Å². The second-order valence-corrected chi connectivity index (χ2v) is 23.6. The number of halogens is 2. The molecule has 0 atom stereocenters. The first-order valence-corrected chi connectivity index (χ1v) is 28.3. The van der Waals surface area contributed by atoms with Crippen LogP contribution in [0.1, 0.15) is 22.3 Å². The van der Waals surface area contributed by atoms with Crippen molar-refractivity contribution < 1.29 is 47.3 Å². The molecule has 26 heteroatoms. The minimum Gasteiger partial charge on any atom is -0.370 e. The fourth-order valence-electron chi connectivity index (χ4n) is 6.37. The van der Waals surface area contributed by atoms with Crippen molar-refractivity contribution in [1.82, 2.24) is 7.10 Å². The van der Waals surface area contributed by atoms with Gasteiger partial charge in [0.1, 0.15) is 22.6 Å². The molecule has 0 spiro atoms. The Morgan fingerprint density at radius 1 is 0.435 bits per heavy atom. The van der Waals surface area contributed by atoms with Gasteiger partial charge in [-0.3, -0.25) is 13.7 Å². The molecule has 6 bridgehead atoms. The lowest BCUT2D eigenvalue weighted by Crippen LogP contribution is -2.43. The molecule has 6 heterocycles. The molecule has 0 amide bonds. The van der Waals surface area contributed by atoms with E-state index in [1.807, 2.05) is 72.8 Å². The van der Waals surface area contributed by atoms with E-state index in [0.29, 0.717) is 42.1 Å². The quantitative estimate of drug-likeness (QED) is 0.112. The number of hydrogen-bond acceptors (Lipinski definition) is 14. The summed E-state index contributed by atoms with van der Waals surface area (Å²) in [4.78, 5) is 30.9. The van der Waals surface area contributed by atoms with Crippen LogP contribution >= 0.6 is 20.7 Å². The Morgan fingerprint density at radius 3 is 0.968 bits per heavy atom. The Kier molecular flexibility index (Phi) is 13.3. The molecule has 4 aromatic carbocycles. The molecule has 0 radical (unpaired) electrons. The summed E-state index contributed by atoms with van der Waals surface area (Å²) in [5.74, 6) is 3.88. The van der Waals surface area contributed by atoms with E-state index in [1.54, 1.807) is 0 Å². The molecule has 0 unspecified atom stereocenters. The van der Waals surface area contributed by atoms with E-state index in [9.17, 15) is 33.7 Å². The van der Waals surface area contributed by atoms with Crippen LogP contribution < -0.4 is 11.0 Å². The normalized spacial score (nSPS) is 14.4. The maximum absolute atomic E-state index is 9.40. The fourth-order valence-corrected chi connectivity index (χ4v) is 9.31. The monoisotopic (exact) mass is 976 g/mol. The van der Waals surface area contributed by atoms with Gasteiger partial charge in [-0.05, 0) is 0 Å². The molecule has 4 aliphatic heterocycles. The molecule has 0 aliphatic carbocycles. The largest absolute Gasteiger partial charge is 0.722 e. The number of amidine groups is 4. The molecule has 0 fully saturated rings. The van der Waals surface area contributed by atoms with Crippen LogP contribution in [0, 0.1) is 0 Å². The zero-order valence-electron chi connectivity index (χ0n) is 32.4. The maximum atomic E-state index is 9.40. The highest BCUT2D eigenvalue weighted by Gasteiger charge is 2.38. The zero-order chi connectivity index (χ0) is 45.5. The van der Waals surface area contributed by atoms with Crippen LogP contribution in [0.4, 0.5) is 11.6 Å². The van der Waals surface area contributed by atoms with Gasteiger partial charge in [-0.2, -0.15) is 35.3 Å². The highest BCUT2D eigenvalue weighted by molar-refractivity contribution is 8.13. The van der Waals surface area contributed by atoms with Crippen LogP contribution in [0.3, 0.4) is 0 Å². The summed E-state index contributed by atoms with van der Waals surface area (Å²) < 4.78 is 101. The fraction of sp³-hybridized carbons (Fsp3) is 0.111. The Morgan fingerprint density at radius 2 is 0.677 bits per heavy atom. The minimum atomic E-state index is -3.67. The average molecular weight is 978 g/mol. The van der Waals surface area contributed by atoms with E-state index in [2.05, 4.69) is 42.0 Å². The molecule has 6 aromatic rings. The molecule has 0 saturated carbocycles. The van der Waals surface area contributed by atoms with Crippen LogP contribution in [0.5, 0.6) is 0 Å². The third-order valence-electron chi connectivity index (χ3n) is 8.25. The summed E-state index contributed by atoms with van der Waals surface area (Å²) in [6.45, 7) is 0. The molecule has 2 aromatic heterocycles. The van der Waals surface area contributed by atoms with Crippen molar-refractivity contribution in [2.75, 3.05) is 25.0 Å². The number of benzene rings is 4. The summed E-state index contributed by atoms with van der Waals surface area (Å²) in [5.41, 5.74) is 5.19. The topological polar surface area (TPSA) is 281 Å². The molecular weight excluding hydrogens is 947 g/mol. The predicted molar refractivity (Wildman–Crippen MR) is 240 cm³/mol. The van der Waals surface area contributed by atoms with Gasteiger partial charge in [0.05, 0.1) is 25.0 Å². The van der Waals surface area contributed by atoms with Crippen molar-refractivity contribution in [2.24, 2.45) is 30.0 Å². The second kappa shape index (κ2) is 17.7. The van der Waals surface area contributed by atoms with E-state index >= 15 is 0 Å². The van der Waals surface area contributed by atoms with E-state index in [0.717, 1.165) is 72.7 Å². The van der Waals surface area contributed by atoms with Gasteiger partial charge in [0.15, 0.2) is 23.3 Å². The van der Waals surface area contributed by atoms with Crippen molar-refractivity contribution >= 4 is 130 Å². The van der Waals surface area contributed by atoms with E-state index in [1.165, 1.54) is 0 Å². The van der Waals surface area contributed by atoms with Crippen molar-refractivity contribution in [2.45, 2.75) is 0 Å². The molecule has 62 heavy (non-hydrogen) atoms. The van der Waals surface area contributed by atoms with Gasteiger partial charge in [0.25, 0.3) is 30.4 Å². The molecular formula is C36H31AlCl2N8O11S4. The maximum Gasteiger partial charge on any atom is 0.722 e. The van der Waals surface area contributed by atoms with Crippen LogP contribution in [0.25, 0.3) is 21.5 Å². The van der Waals surface area contributed by atoms with Crippen LogP contribution in [-0.4, -0.2) is 116 Å². The van der Waals surface area contributed by atoms with Crippen molar-refractivity contribution in [1.29, 1.82) is 0 Å². The Hall–Kier alpha value is -4.97. The van der Waals surface area contributed by atoms with Gasteiger partial charge in [-0.25, -0.2) is 38.4 Å². The van der Waals surface area contributed by atoms with Crippen molar-refractivity contribution in [3.05, 3.63) is 130 Å². The minimum absolute atomic E-state index is 0.610. The lowest BCUT2D eigenvalue weighted by atomic mass is 10.1. The summed E-state index contributed by atoms with van der Waals surface area (Å²) in [6, 6.07) is 32.6. The third kappa shape index (κ3) is 11.3. The van der Waals surface area contributed by atoms with Crippen molar-refractivity contribution in [3.63, 3.8) is 0 Å². The van der Waals surface area contributed by atoms with Gasteiger partial charge < -0.3 is 7.10 Å². The second-order valence-electron chi connectivity index (χ2n) is 13.4. The number of fused-ring (bicyclic) bond motifs is 14. The first kappa shape index (κ1) is 46.5. The summed E-state index contributed by atoms with van der Waals surface area (Å²) in [7, 11) is -1.94. The Labute approximate surface area is 367 Å². The smallest absolute Gasteiger partial charge is 0.370 e. The number of rotatable bonds is 0. The first-order valence-electron chi connectivity index (χ1n) is 17.3. The highest BCUT2D eigenvalue weighted by atomic mass is 35.7. The average Bonchev–Trinajstić information content (AvgIpc) is 3.85. The third-order valence-corrected chi connectivity index (χ3v) is 11.2. The first-order chi connectivity index (χ1) is 28.7. The summed E-state index contributed by atoms with van der Waals surface area (Å²) in [5, 5.41) is 3.81. The number of aromatic nitrogens is 2. The molecule has 19 nitrogen and oxygen atoms in total. The molecule has 322 valence electrons. The summed E-state index contributed by atoms with van der Waals surface area (Å²) in [6.07, 6.45) is 3.07. The molecule has 3 N–H and O–H groups in total. The lowest BCUT2D eigenvalue weighted by molar-refractivity contribution is 0.488.